The van der Waals surface area contributed by atoms with Crippen LogP contribution >= 0.6 is 0 Å². The topological polar surface area (TPSA) is 9.23 Å². The van der Waals surface area contributed by atoms with Gasteiger partial charge in [0, 0.05) is 13.2 Å². The molecule has 0 N–H and O–H groups in total. The summed E-state index contributed by atoms with van der Waals surface area (Å²) in [5.74, 6) is 3.80. The monoisotopic (exact) mass is 140 g/mol. The van der Waals surface area contributed by atoms with Crippen LogP contribution in [0.1, 0.15) is 20.3 Å². The molecule has 1 heteroatoms. The van der Waals surface area contributed by atoms with E-state index in [9.17, 15) is 0 Å². The molecule has 2 aliphatic rings. The lowest BCUT2D eigenvalue weighted by molar-refractivity contribution is -0.109. The van der Waals surface area contributed by atoms with E-state index in [1.165, 1.54) is 6.42 Å². The number of hydrogen-bond donors (Lipinski definition) is 0. The first-order valence-corrected chi connectivity index (χ1v) is 4.38. The van der Waals surface area contributed by atoms with E-state index < -0.39 is 0 Å². The minimum Gasteiger partial charge on any atom is -0.381 e. The standard InChI is InChI=1S/C9H16O/c1-6-7(2)9-5-10-4-3-8(6)9/h6-9H,3-5H2,1-2H3. The second-order valence-corrected chi connectivity index (χ2v) is 3.91. The van der Waals surface area contributed by atoms with Gasteiger partial charge in [-0.3, -0.25) is 0 Å². The van der Waals surface area contributed by atoms with Crippen molar-refractivity contribution >= 4 is 0 Å². The molecule has 2 fully saturated rings. The van der Waals surface area contributed by atoms with Gasteiger partial charge in [-0.05, 0) is 30.1 Å². The Morgan fingerprint density at radius 2 is 1.80 bits per heavy atom. The molecule has 0 amide bonds. The van der Waals surface area contributed by atoms with Gasteiger partial charge in [0.2, 0.25) is 0 Å². The molecular weight excluding hydrogens is 124 g/mol. The second-order valence-electron chi connectivity index (χ2n) is 3.91. The summed E-state index contributed by atoms with van der Waals surface area (Å²) in [6.07, 6.45) is 1.32. The zero-order valence-electron chi connectivity index (χ0n) is 6.84. The molecule has 1 aliphatic heterocycles. The smallest absolute Gasteiger partial charge is 0.0499 e. The lowest BCUT2D eigenvalue weighted by atomic mass is 9.57. The fraction of sp³-hybridized carbons (Fsp3) is 1.00. The zero-order chi connectivity index (χ0) is 7.14. The van der Waals surface area contributed by atoms with E-state index >= 15 is 0 Å². The van der Waals surface area contributed by atoms with Gasteiger partial charge in [0.1, 0.15) is 0 Å². The molecule has 1 saturated heterocycles. The highest BCUT2D eigenvalue weighted by atomic mass is 16.5. The molecule has 10 heavy (non-hydrogen) atoms. The van der Waals surface area contributed by atoms with Gasteiger partial charge in [-0.2, -0.15) is 0 Å². The number of rotatable bonds is 0. The number of ether oxygens (including phenoxy) is 1. The molecule has 1 saturated carbocycles. The molecule has 0 aromatic rings. The summed E-state index contributed by atoms with van der Waals surface area (Å²) in [4.78, 5) is 0. The molecule has 0 spiro atoms. The van der Waals surface area contributed by atoms with Crippen LogP contribution in [-0.2, 0) is 4.74 Å². The Kier molecular flexibility index (Phi) is 1.48. The van der Waals surface area contributed by atoms with Gasteiger partial charge >= 0.3 is 0 Å². The van der Waals surface area contributed by atoms with E-state index in [0.29, 0.717) is 0 Å². The van der Waals surface area contributed by atoms with Crippen LogP contribution in [0.5, 0.6) is 0 Å². The van der Waals surface area contributed by atoms with Crippen molar-refractivity contribution in [2.75, 3.05) is 13.2 Å². The van der Waals surface area contributed by atoms with Crippen LogP contribution in [0.25, 0.3) is 0 Å². The Labute approximate surface area is 62.8 Å². The predicted octanol–water partition coefficient (Wildman–Crippen LogP) is 1.92. The summed E-state index contributed by atoms with van der Waals surface area (Å²) in [6, 6.07) is 0. The fourth-order valence-corrected chi connectivity index (χ4v) is 2.61. The Bertz CT molecular complexity index is 117. The van der Waals surface area contributed by atoms with Crippen LogP contribution in [0.15, 0.2) is 0 Å². The van der Waals surface area contributed by atoms with Crippen molar-refractivity contribution in [2.45, 2.75) is 20.3 Å². The lowest BCUT2D eigenvalue weighted by Crippen LogP contribution is -2.49. The van der Waals surface area contributed by atoms with Crippen molar-refractivity contribution in [3.05, 3.63) is 0 Å². The highest BCUT2D eigenvalue weighted by Gasteiger charge is 2.45. The van der Waals surface area contributed by atoms with Crippen LogP contribution in [0.4, 0.5) is 0 Å². The average Bonchev–Trinajstić information content (AvgIpc) is 2.03. The Morgan fingerprint density at radius 1 is 1.10 bits per heavy atom. The van der Waals surface area contributed by atoms with Gasteiger partial charge < -0.3 is 4.74 Å². The summed E-state index contributed by atoms with van der Waals surface area (Å²) >= 11 is 0. The van der Waals surface area contributed by atoms with Gasteiger partial charge in [0.25, 0.3) is 0 Å². The van der Waals surface area contributed by atoms with Crippen molar-refractivity contribution < 1.29 is 4.74 Å². The summed E-state index contributed by atoms with van der Waals surface area (Å²) in [6.45, 7) is 6.80. The molecule has 0 aromatic carbocycles. The summed E-state index contributed by atoms with van der Waals surface area (Å²) in [5.41, 5.74) is 0. The first-order chi connectivity index (χ1) is 4.80. The van der Waals surface area contributed by atoms with Crippen molar-refractivity contribution in [3.8, 4) is 0 Å². The summed E-state index contributed by atoms with van der Waals surface area (Å²) < 4.78 is 5.42. The third-order valence-corrected chi connectivity index (χ3v) is 3.64. The highest BCUT2D eigenvalue weighted by molar-refractivity contribution is 4.93. The minimum atomic E-state index is 0.906. The highest BCUT2D eigenvalue weighted by Crippen LogP contribution is 2.49. The van der Waals surface area contributed by atoms with Gasteiger partial charge in [-0.1, -0.05) is 13.8 Å². The van der Waals surface area contributed by atoms with Crippen molar-refractivity contribution in [3.63, 3.8) is 0 Å². The van der Waals surface area contributed by atoms with Gasteiger partial charge in [0.05, 0.1) is 0 Å². The van der Waals surface area contributed by atoms with Crippen molar-refractivity contribution in [1.82, 2.24) is 0 Å². The van der Waals surface area contributed by atoms with Crippen molar-refractivity contribution in [1.29, 1.82) is 0 Å². The van der Waals surface area contributed by atoms with E-state index in [0.717, 1.165) is 36.9 Å². The average molecular weight is 140 g/mol. The Morgan fingerprint density at radius 3 is 2.50 bits per heavy atom. The van der Waals surface area contributed by atoms with Crippen LogP contribution in [0.2, 0.25) is 0 Å². The maximum Gasteiger partial charge on any atom is 0.0499 e. The summed E-state index contributed by atoms with van der Waals surface area (Å²) in [5, 5.41) is 0. The molecule has 4 unspecified atom stereocenters. The van der Waals surface area contributed by atoms with Gasteiger partial charge in [-0.15, -0.1) is 0 Å². The normalized spacial score (nSPS) is 53.4. The van der Waals surface area contributed by atoms with Gasteiger partial charge in [0.15, 0.2) is 0 Å². The maximum absolute atomic E-state index is 5.42. The third-order valence-electron chi connectivity index (χ3n) is 3.64. The molecule has 2 rings (SSSR count). The lowest BCUT2D eigenvalue weighted by Gasteiger charge is -2.51. The molecule has 0 bridgehead atoms. The molecule has 1 nitrogen and oxygen atoms in total. The second kappa shape index (κ2) is 2.23. The fourth-order valence-electron chi connectivity index (χ4n) is 2.61. The zero-order valence-corrected chi connectivity index (χ0v) is 6.84. The molecule has 0 radical (unpaired) electrons. The minimum absolute atomic E-state index is 0.906. The first-order valence-electron chi connectivity index (χ1n) is 4.38. The maximum atomic E-state index is 5.42. The van der Waals surface area contributed by atoms with Crippen LogP contribution in [0.3, 0.4) is 0 Å². The molecular formula is C9H16O. The van der Waals surface area contributed by atoms with E-state index in [2.05, 4.69) is 13.8 Å². The van der Waals surface area contributed by atoms with E-state index in [-0.39, 0.29) is 0 Å². The van der Waals surface area contributed by atoms with E-state index in [4.69, 9.17) is 4.74 Å². The van der Waals surface area contributed by atoms with Crippen LogP contribution < -0.4 is 0 Å². The molecule has 4 atom stereocenters. The van der Waals surface area contributed by atoms with Crippen LogP contribution in [0, 0.1) is 23.7 Å². The Balaban J connectivity index is 2.00. The number of hydrogen-bond acceptors (Lipinski definition) is 1. The Hall–Kier alpha value is -0.0400. The number of fused-ring (bicyclic) bond motifs is 1. The summed E-state index contributed by atoms with van der Waals surface area (Å²) in [7, 11) is 0. The predicted molar refractivity (Wildman–Crippen MR) is 40.7 cm³/mol. The SMILES string of the molecule is CC1C(C)C2COCCC12. The molecule has 58 valence electrons. The third kappa shape index (κ3) is 0.731. The van der Waals surface area contributed by atoms with Gasteiger partial charge in [-0.25, -0.2) is 0 Å². The first kappa shape index (κ1) is 6.66. The van der Waals surface area contributed by atoms with Crippen molar-refractivity contribution in [2.24, 2.45) is 23.7 Å². The van der Waals surface area contributed by atoms with E-state index in [1.807, 2.05) is 0 Å². The quantitative estimate of drug-likeness (QED) is 0.499. The largest absolute Gasteiger partial charge is 0.381 e. The van der Waals surface area contributed by atoms with E-state index in [1.54, 1.807) is 0 Å². The van der Waals surface area contributed by atoms with Crippen LogP contribution in [-0.4, -0.2) is 13.2 Å². The molecule has 1 heterocycles. The molecule has 0 aromatic heterocycles. The molecule has 1 aliphatic carbocycles.